The summed E-state index contributed by atoms with van der Waals surface area (Å²) in [7, 11) is 0. The van der Waals surface area contributed by atoms with Crippen LogP contribution in [0.1, 0.15) is 30.2 Å². The smallest absolute Gasteiger partial charge is 0.418 e. The first-order valence-corrected chi connectivity index (χ1v) is 6.14. The lowest BCUT2D eigenvalue weighted by Crippen LogP contribution is -2.07. The summed E-state index contributed by atoms with van der Waals surface area (Å²) < 4.78 is 44.3. The van der Waals surface area contributed by atoms with Crippen molar-refractivity contribution >= 4 is 16.9 Å². The van der Waals surface area contributed by atoms with E-state index in [0.29, 0.717) is 11.3 Å². The average molecular weight is 285 g/mol. The quantitative estimate of drug-likeness (QED) is 0.843. The topological polar surface area (TPSA) is 42.1 Å². The molecule has 3 nitrogen and oxygen atoms in total. The lowest BCUT2D eigenvalue weighted by Gasteiger charge is -2.09. The summed E-state index contributed by atoms with van der Waals surface area (Å²) in [4.78, 5) is 14.0. The van der Waals surface area contributed by atoms with Crippen LogP contribution in [0.4, 0.5) is 13.2 Å². The first kappa shape index (κ1) is 14.4. The number of hydrogen-bond acceptors (Lipinski definition) is 2. The van der Waals surface area contributed by atoms with E-state index in [4.69, 9.17) is 4.74 Å². The molecule has 0 radical (unpaired) electrons. The van der Waals surface area contributed by atoms with Gasteiger partial charge in [0.05, 0.1) is 16.8 Å². The zero-order valence-corrected chi connectivity index (χ0v) is 11.3. The fourth-order valence-corrected chi connectivity index (χ4v) is 2.09. The molecule has 0 aliphatic heterocycles. The normalized spacial score (nSPS) is 11.9. The Balaban J connectivity index is 2.71. The summed E-state index contributed by atoms with van der Waals surface area (Å²) in [5.41, 5.74) is 0.0458. The molecule has 1 heterocycles. The van der Waals surface area contributed by atoms with Gasteiger partial charge in [-0.3, -0.25) is 4.79 Å². The largest absolute Gasteiger partial charge is 0.424 e. The number of aromatic amines is 1. The Morgan fingerprint density at radius 3 is 2.50 bits per heavy atom. The third-order valence-electron chi connectivity index (χ3n) is 2.99. The van der Waals surface area contributed by atoms with Crippen LogP contribution in [-0.2, 0) is 11.0 Å². The predicted molar refractivity (Wildman–Crippen MR) is 68.7 cm³/mol. The second kappa shape index (κ2) is 4.85. The van der Waals surface area contributed by atoms with Crippen molar-refractivity contribution < 1.29 is 22.7 Å². The van der Waals surface area contributed by atoms with Crippen molar-refractivity contribution in [2.24, 2.45) is 0 Å². The van der Waals surface area contributed by atoms with Crippen molar-refractivity contribution in [2.75, 3.05) is 0 Å². The van der Waals surface area contributed by atoms with Crippen LogP contribution in [0.5, 0.6) is 5.75 Å². The van der Waals surface area contributed by atoms with Gasteiger partial charge < -0.3 is 9.72 Å². The maximum Gasteiger partial charge on any atom is 0.418 e. The highest BCUT2D eigenvalue weighted by molar-refractivity contribution is 5.93. The molecule has 2 rings (SSSR count). The highest BCUT2D eigenvalue weighted by Gasteiger charge is 2.34. The zero-order valence-electron chi connectivity index (χ0n) is 11.3. The van der Waals surface area contributed by atoms with E-state index in [1.54, 1.807) is 26.8 Å². The van der Waals surface area contributed by atoms with Crippen molar-refractivity contribution in [1.82, 2.24) is 4.98 Å². The molecular formula is C14H14F3NO2. The van der Waals surface area contributed by atoms with Crippen molar-refractivity contribution in [1.29, 1.82) is 0 Å². The molecule has 0 saturated heterocycles. The number of aryl methyl sites for hydroxylation is 2. The summed E-state index contributed by atoms with van der Waals surface area (Å²) >= 11 is 0. The standard InChI is InChI=1S/C14H14F3NO2/c1-4-11(19)20-13-8(3)18-12-9(13)5-7(2)6-10(12)14(15,16)17/h5-6,18H,4H2,1-3H3. The Kier molecular flexibility index (Phi) is 3.50. The van der Waals surface area contributed by atoms with E-state index in [1.165, 1.54) is 0 Å². The number of carbonyl (C=O) groups excluding carboxylic acids is 1. The number of hydrogen-bond donors (Lipinski definition) is 1. The Bertz CT molecular complexity index is 671. The number of alkyl halides is 3. The average Bonchev–Trinajstić information content (AvgIpc) is 2.64. The SMILES string of the molecule is CCC(=O)Oc1c(C)[nH]c2c(C(F)(F)F)cc(C)cc12. The molecule has 2 aromatic rings. The van der Waals surface area contributed by atoms with E-state index < -0.39 is 17.7 Å². The number of benzene rings is 1. The molecule has 1 N–H and O–H groups in total. The van der Waals surface area contributed by atoms with Crippen LogP contribution in [0.2, 0.25) is 0 Å². The number of carbonyl (C=O) groups is 1. The minimum Gasteiger partial charge on any atom is -0.424 e. The van der Waals surface area contributed by atoms with Crippen LogP contribution >= 0.6 is 0 Å². The molecule has 0 spiro atoms. The first-order chi connectivity index (χ1) is 9.24. The number of rotatable bonds is 2. The molecular weight excluding hydrogens is 271 g/mol. The third kappa shape index (κ3) is 2.50. The lowest BCUT2D eigenvalue weighted by molar-refractivity contribution is -0.136. The molecule has 0 bridgehead atoms. The van der Waals surface area contributed by atoms with Crippen LogP contribution < -0.4 is 4.74 Å². The number of esters is 1. The van der Waals surface area contributed by atoms with Gasteiger partial charge in [0, 0.05) is 11.8 Å². The van der Waals surface area contributed by atoms with E-state index in [9.17, 15) is 18.0 Å². The fourth-order valence-electron chi connectivity index (χ4n) is 2.09. The number of nitrogens with one attached hydrogen (secondary N) is 1. The Morgan fingerprint density at radius 2 is 1.95 bits per heavy atom. The number of fused-ring (bicyclic) bond motifs is 1. The van der Waals surface area contributed by atoms with Gasteiger partial charge in [0.2, 0.25) is 0 Å². The van der Waals surface area contributed by atoms with Crippen molar-refractivity contribution in [3.05, 3.63) is 29.0 Å². The molecule has 0 saturated carbocycles. The predicted octanol–water partition coefficient (Wildman–Crippen LogP) is 4.12. The van der Waals surface area contributed by atoms with Crippen LogP contribution in [0.3, 0.4) is 0 Å². The van der Waals surface area contributed by atoms with Crippen molar-refractivity contribution in [3.8, 4) is 5.75 Å². The molecule has 108 valence electrons. The van der Waals surface area contributed by atoms with Gasteiger partial charge in [-0.25, -0.2) is 0 Å². The molecule has 0 aliphatic carbocycles. The maximum absolute atomic E-state index is 13.0. The Labute approximate surface area is 113 Å². The van der Waals surface area contributed by atoms with Gasteiger partial charge in [0.1, 0.15) is 0 Å². The molecule has 20 heavy (non-hydrogen) atoms. The minimum absolute atomic E-state index is 0.0560. The van der Waals surface area contributed by atoms with Crippen LogP contribution in [0.15, 0.2) is 12.1 Å². The minimum atomic E-state index is -4.46. The monoisotopic (exact) mass is 285 g/mol. The fraction of sp³-hybridized carbons (Fsp3) is 0.357. The molecule has 0 unspecified atom stereocenters. The Morgan fingerprint density at radius 1 is 1.30 bits per heavy atom. The summed E-state index contributed by atoms with van der Waals surface area (Å²) in [6.45, 7) is 4.77. The third-order valence-corrected chi connectivity index (χ3v) is 2.99. The lowest BCUT2D eigenvalue weighted by atomic mass is 10.1. The van der Waals surface area contributed by atoms with E-state index in [0.717, 1.165) is 6.07 Å². The van der Waals surface area contributed by atoms with Gasteiger partial charge in [0.15, 0.2) is 5.75 Å². The highest BCUT2D eigenvalue weighted by atomic mass is 19.4. The van der Waals surface area contributed by atoms with Gasteiger partial charge in [-0.15, -0.1) is 0 Å². The summed E-state index contributed by atoms with van der Waals surface area (Å²) in [5, 5.41) is 0.275. The molecule has 0 amide bonds. The van der Waals surface area contributed by atoms with E-state index in [-0.39, 0.29) is 23.1 Å². The zero-order chi connectivity index (χ0) is 15.1. The van der Waals surface area contributed by atoms with Gasteiger partial charge in [-0.2, -0.15) is 13.2 Å². The van der Waals surface area contributed by atoms with Crippen LogP contribution in [-0.4, -0.2) is 11.0 Å². The number of ether oxygens (including phenoxy) is 1. The molecule has 0 fully saturated rings. The summed E-state index contributed by atoms with van der Waals surface area (Å²) in [5.74, 6) is -0.315. The van der Waals surface area contributed by atoms with Crippen molar-refractivity contribution in [2.45, 2.75) is 33.4 Å². The number of aromatic nitrogens is 1. The maximum atomic E-state index is 13.0. The number of halogens is 3. The van der Waals surface area contributed by atoms with E-state index in [2.05, 4.69) is 4.98 Å². The molecule has 6 heteroatoms. The van der Waals surface area contributed by atoms with Crippen LogP contribution in [0.25, 0.3) is 10.9 Å². The Hall–Kier alpha value is -1.98. The van der Waals surface area contributed by atoms with Crippen molar-refractivity contribution in [3.63, 3.8) is 0 Å². The number of H-pyrrole nitrogens is 1. The van der Waals surface area contributed by atoms with Crippen LogP contribution in [0, 0.1) is 13.8 Å². The van der Waals surface area contributed by atoms with Gasteiger partial charge in [0.25, 0.3) is 0 Å². The first-order valence-electron chi connectivity index (χ1n) is 6.14. The summed E-state index contributed by atoms with van der Waals surface area (Å²) in [6, 6.07) is 2.65. The van der Waals surface area contributed by atoms with E-state index >= 15 is 0 Å². The van der Waals surface area contributed by atoms with E-state index in [1.807, 2.05) is 0 Å². The molecule has 0 atom stereocenters. The van der Waals surface area contributed by atoms with Gasteiger partial charge in [-0.05, 0) is 31.5 Å². The second-order valence-corrected chi connectivity index (χ2v) is 4.64. The molecule has 1 aromatic carbocycles. The highest BCUT2D eigenvalue weighted by Crippen LogP contribution is 2.39. The second-order valence-electron chi connectivity index (χ2n) is 4.64. The summed E-state index contributed by atoms with van der Waals surface area (Å²) in [6.07, 6.45) is -4.31. The van der Waals surface area contributed by atoms with Gasteiger partial charge >= 0.3 is 12.1 Å². The van der Waals surface area contributed by atoms with Gasteiger partial charge in [-0.1, -0.05) is 6.92 Å². The molecule has 0 aliphatic rings. The molecule has 1 aromatic heterocycles.